The molecule has 0 radical (unpaired) electrons. The average molecular weight is 415 g/mol. The van der Waals surface area contributed by atoms with E-state index in [0.717, 1.165) is 29.9 Å². The highest BCUT2D eigenvalue weighted by atomic mass is 16.6. The minimum Gasteiger partial charge on any atom is -0.496 e. The van der Waals surface area contributed by atoms with E-state index in [-0.39, 0.29) is 23.0 Å². The van der Waals surface area contributed by atoms with Crippen molar-refractivity contribution in [1.82, 2.24) is 0 Å². The molecule has 168 valence electrons. The summed E-state index contributed by atoms with van der Waals surface area (Å²) in [6, 6.07) is 4.50. The van der Waals surface area contributed by atoms with Crippen molar-refractivity contribution in [3.63, 3.8) is 0 Å². The van der Waals surface area contributed by atoms with Crippen LogP contribution < -0.4 is 9.47 Å². The van der Waals surface area contributed by atoms with Crippen molar-refractivity contribution < 1.29 is 14.2 Å². The van der Waals surface area contributed by atoms with Gasteiger partial charge in [-0.05, 0) is 62.1 Å². The largest absolute Gasteiger partial charge is 0.496 e. The summed E-state index contributed by atoms with van der Waals surface area (Å²) in [7, 11) is 3.56. The number of epoxide rings is 1. The number of rotatable bonds is 10. The Balaban J connectivity index is 1.98. The quantitative estimate of drug-likeness (QED) is 0.231. The predicted octanol–water partition coefficient (Wildman–Crippen LogP) is 7.18. The third-order valence-corrected chi connectivity index (χ3v) is 7.60. The van der Waals surface area contributed by atoms with E-state index < -0.39 is 0 Å². The summed E-state index contributed by atoms with van der Waals surface area (Å²) in [5, 5.41) is 0. The summed E-state index contributed by atoms with van der Waals surface area (Å²) < 4.78 is 18.2. The lowest BCUT2D eigenvalue weighted by molar-refractivity contribution is 0.302. The molecule has 1 saturated carbocycles. The van der Waals surface area contributed by atoms with Gasteiger partial charge in [-0.3, -0.25) is 0 Å². The molecule has 30 heavy (non-hydrogen) atoms. The van der Waals surface area contributed by atoms with Crippen molar-refractivity contribution in [3.05, 3.63) is 35.4 Å². The molecule has 0 N–H and O–H groups in total. The molecule has 2 aliphatic rings. The van der Waals surface area contributed by atoms with Gasteiger partial charge in [0, 0.05) is 11.5 Å². The van der Waals surface area contributed by atoms with Gasteiger partial charge in [-0.2, -0.15) is 0 Å². The van der Waals surface area contributed by atoms with Gasteiger partial charge in [-0.1, -0.05) is 58.6 Å². The third kappa shape index (κ3) is 4.42. The van der Waals surface area contributed by atoms with Gasteiger partial charge in [0.05, 0.1) is 25.9 Å². The maximum Gasteiger partial charge on any atom is 0.126 e. The minimum absolute atomic E-state index is 0.0101. The lowest BCUT2D eigenvalue weighted by Gasteiger charge is -2.35. The minimum atomic E-state index is -0.0101. The van der Waals surface area contributed by atoms with E-state index in [9.17, 15) is 0 Å². The van der Waals surface area contributed by atoms with Crippen molar-refractivity contribution in [2.75, 3.05) is 14.2 Å². The highest BCUT2D eigenvalue weighted by Crippen LogP contribution is 2.60. The molecule has 0 spiro atoms. The Bertz CT molecular complexity index is 740. The number of benzene rings is 1. The van der Waals surface area contributed by atoms with Crippen molar-refractivity contribution in [2.24, 2.45) is 5.92 Å². The molecule has 2 fully saturated rings. The fourth-order valence-corrected chi connectivity index (χ4v) is 5.44. The predicted molar refractivity (Wildman–Crippen MR) is 125 cm³/mol. The molecule has 0 bridgehead atoms. The molecule has 0 amide bonds. The lowest BCUT2D eigenvalue weighted by atomic mass is 9.68. The number of hydrogen-bond acceptors (Lipinski definition) is 3. The molecule has 3 heteroatoms. The van der Waals surface area contributed by atoms with Gasteiger partial charge in [-0.15, -0.1) is 0 Å². The Labute approximate surface area is 184 Å². The van der Waals surface area contributed by atoms with E-state index >= 15 is 0 Å². The molecule has 1 heterocycles. The smallest absolute Gasteiger partial charge is 0.126 e. The Hall–Kier alpha value is -1.48. The Morgan fingerprint density at radius 1 is 1.17 bits per heavy atom. The Morgan fingerprint density at radius 3 is 2.33 bits per heavy atom. The van der Waals surface area contributed by atoms with Crippen LogP contribution >= 0.6 is 0 Å². The van der Waals surface area contributed by atoms with Crippen LogP contribution in [0.15, 0.2) is 24.3 Å². The van der Waals surface area contributed by atoms with Gasteiger partial charge in [0.25, 0.3) is 0 Å². The molecule has 1 aliphatic carbocycles. The van der Waals surface area contributed by atoms with Gasteiger partial charge in [0.1, 0.15) is 11.5 Å². The SMILES string of the molecule is C=C(C)[C@@H]1CC[C@]2(C)O[C@@H]2C1c1c(OC)cc(C(C)(C)CCCCCC)cc1OC. The summed E-state index contributed by atoms with van der Waals surface area (Å²) in [5.74, 6) is 2.48. The number of allylic oxidation sites excluding steroid dienone is 1. The fourth-order valence-electron chi connectivity index (χ4n) is 5.44. The first-order chi connectivity index (χ1) is 14.2. The molecule has 4 atom stereocenters. The van der Waals surface area contributed by atoms with E-state index in [1.165, 1.54) is 43.2 Å². The molecule has 1 saturated heterocycles. The average Bonchev–Trinajstić information content (AvgIpc) is 3.41. The van der Waals surface area contributed by atoms with Crippen LogP contribution in [-0.2, 0) is 10.2 Å². The number of fused-ring (bicyclic) bond motifs is 1. The van der Waals surface area contributed by atoms with Crippen molar-refractivity contribution in [1.29, 1.82) is 0 Å². The summed E-state index contributed by atoms with van der Waals surface area (Å²) in [4.78, 5) is 0. The number of unbranched alkanes of at least 4 members (excludes halogenated alkanes) is 3. The van der Waals surface area contributed by atoms with Gasteiger partial charge in [0.2, 0.25) is 0 Å². The Morgan fingerprint density at radius 2 is 1.80 bits per heavy atom. The maximum absolute atomic E-state index is 6.23. The van der Waals surface area contributed by atoms with Crippen LogP contribution in [0.2, 0.25) is 0 Å². The maximum atomic E-state index is 6.23. The van der Waals surface area contributed by atoms with Crippen molar-refractivity contribution >= 4 is 0 Å². The van der Waals surface area contributed by atoms with Crippen molar-refractivity contribution in [2.45, 2.75) is 103 Å². The molecular weight excluding hydrogens is 372 g/mol. The normalized spacial score (nSPS) is 28.0. The second kappa shape index (κ2) is 8.94. The molecule has 3 rings (SSSR count). The monoisotopic (exact) mass is 414 g/mol. The molecule has 3 nitrogen and oxygen atoms in total. The van der Waals surface area contributed by atoms with Gasteiger partial charge in [-0.25, -0.2) is 0 Å². The van der Waals surface area contributed by atoms with Crippen molar-refractivity contribution in [3.8, 4) is 11.5 Å². The third-order valence-electron chi connectivity index (χ3n) is 7.60. The van der Waals surface area contributed by atoms with Crippen LogP contribution in [0.1, 0.15) is 96.6 Å². The highest BCUT2D eigenvalue weighted by Gasteiger charge is 2.62. The zero-order valence-corrected chi connectivity index (χ0v) is 20.3. The lowest BCUT2D eigenvalue weighted by Crippen LogP contribution is -2.31. The van der Waals surface area contributed by atoms with E-state index in [1.807, 2.05) is 0 Å². The summed E-state index contributed by atoms with van der Waals surface area (Å²) >= 11 is 0. The standard InChI is InChI=1S/C27H42O3/c1-9-10-11-12-14-26(4,5)19-16-21(28-7)24(22(17-19)29-8)23-20(18(2)3)13-15-27(6)25(23)30-27/h16-17,20,23,25H,2,9-15H2,1,3-8H3/t20-,23?,25+,27-/m0/s1. The molecule has 1 unspecified atom stereocenters. The first-order valence-corrected chi connectivity index (χ1v) is 11.8. The van der Waals surface area contributed by atoms with Gasteiger partial charge < -0.3 is 14.2 Å². The number of methoxy groups -OCH3 is 2. The summed E-state index contributed by atoms with van der Waals surface area (Å²) in [5.41, 5.74) is 3.74. The highest BCUT2D eigenvalue weighted by molar-refractivity contribution is 5.54. The molecule has 1 aliphatic heterocycles. The van der Waals surface area contributed by atoms with Crippen LogP contribution in [0.5, 0.6) is 11.5 Å². The topological polar surface area (TPSA) is 31.0 Å². The summed E-state index contributed by atoms with van der Waals surface area (Å²) in [6.07, 6.45) is 8.71. The van der Waals surface area contributed by atoms with E-state index in [1.54, 1.807) is 14.2 Å². The van der Waals surface area contributed by atoms with Gasteiger partial charge >= 0.3 is 0 Å². The van der Waals surface area contributed by atoms with Crippen LogP contribution in [-0.4, -0.2) is 25.9 Å². The zero-order valence-electron chi connectivity index (χ0n) is 20.3. The second-order valence-electron chi connectivity index (χ2n) is 10.4. The number of hydrogen-bond donors (Lipinski definition) is 0. The fraction of sp³-hybridized carbons (Fsp3) is 0.704. The number of ether oxygens (including phenoxy) is 3. The van der Waals surface area contributed by atoms with E-state index in [2.05, 4.69) is 53.3 Å². The second-order valence-corrected chi connectivity index (χ2v) is 10.4. The first kappa shape index (κ1) is 23.2. The van der Waals surface area contributed by atoms with Crippen LogP contribution in [0.3, 0.4) is 0 Å². The van der Waals surface area contributed by atoms with E-state index in [0.29, 0.717) is 5.92 Å². The Kier molecular flexibility index (Phi) is 6.91. The van der Waals surface area contributed by atoms with E-state index in [4.69, 9.17) is 14.2 Å². The molecule has 1 aromatic rings. The summed E-state index contributed by atoms with van der Waals surface area (Å²) in [6.45, 7) is 15.6. The van der Waals surface area contributed by atoms with Crippen LogP contribution in [0.25, 0.3) is 0 Å². The molecule has 0 aromatic heterocycles. The van der Waals surface area contributed by atoms with Crippen LogP contribution in [0, 0.1) is 5.92 Å². The first-order valence-electron chi connectivity index (χ1n) is 11.8. The molecular formula is C27H42O3. The van der Waals surface area contributed by atoms with Crippen LogP contribution in [0.4, 0.5) is 0 Å². The van der Waals surface area contributed by atoms with Gasteiger partial charge in [0.15, 0.2) is 0 Å². The molecule has 1 aromatic carbocycles. The zero-order chi connectivity index (χ0) is 22.1.